The number of morpholine rings is 1. The lowest BCUT2D eigenvalue weighted by Crippen LogP contribution is -2.37. The fourth-order valence-corrected chi connectivity index (χ4v) is 3.58. The number of carbonyl (C=O) groups excluding carboxylic acids is 1. The number of pyridine rings is 1. The Hall–Kier alpha value is -2.69. The summed E-state index contributed by atoms with van der Waals surface area (Å²) in [5, 5.41) is 10.8. The minimum atomic E-state index is -3.79. The summed E-state index contributed by atoms with van der Waals surface area (Å²) in [5.41, 5.74) is 1.57. The highest BCUT2D eigenvalue weighted by molar-refractivity contribution is 7.89. The number of amides is 2. The molecule has 0 radical (unpaired) electrons. The first-order valence-corrected chi connectivity index (χ1v) is 10.8. The van der Waals surface area contributed by atoms with E-state index in [4.69, 9.17) is 9.88 Å². The minimum Gasteiger partial charge on any atom is -0.378 e. The number of hydrogen-bond acceptors (Lipinski definition) is 6. The van der Waals surface area contributed by atoms with Gasteiger partial charge in [-0.15, -0.1) is 0 Å². The zero-order valence-electron chi connectivity index (χ0n) is 16.2. The van der Waals surface area contributed by atoms with E-state index in [2.05, 4.69) is 20.5 Å². The van der Waals surface area contributed by atoms with Crippen molar-refractivity contribution < 1.29 is 17.9 Å². The third-order valence-electron chi connectivity index (χ3n) is 4.63. The van der Waals surface area contributed by atoms with E-state index in [0.717, 1.165) is 24.5 Å². The Balaban J connectivity index is 1.56. The molecule has 3 rings (SSSR count). The Morgan fingerprint density at radius 1 is 1.28 bits per heavy atom. The number of carbonyl (C=O) groups is 1. The van der Waals surface area contributed by atoms with E-state index in [1.807, 2.05) is 12.1 Å². The Bertz CT molecular complexity index is 961. The Kier molecular flexibility index (Phi) is 6.68. The first-order chi connectivity index (χ1) is 13.8. The number of ether oxygens (including phenoxy) is 1. The first-order valence-electron chi connectivity index (χ1n) is 9.28. The topological polar surface area (TPSA) is 127 Å². The fourth-order valence-electron chi connectivity index (χ4n) is 3.01. The lowest BCUT2D eigenvalue weighted by Gasteiger charge is -2.28. The molecule has 29 heavy (non-hydrogen) atoms. The number of benzene rings is 1. The molecule has 0 bridgehead atoms. The van der Waals surface area contributed by atoms with E-state index in [-0.39, 0.29) is 10.9 Å². The van der Waals surface area contributed by atoms with Gasteiger partial charge in [-0.1, -0.05) is 12.1 Å². The van der Waals surface area contributed by atoms with E-state index >= 15 is 0 Å². The fraction of sp³-hybridized carbons (Fsp3) is 0.368. The largest absolute Gasteiger partial charge is 0.378 e. The Morgan fingerprint density at radius 3 is 2.76 bits per heavy atom. The molecule has 10 heteroatoms. The van der Waals surface area contributed by atoms with E-state index in [0.29, 0.717) is 25.3 Å². The number of primary sulfonamides is 1. The second kappa shape index (κ2) is 9.21. The van der Waals surface area contributed by atoms with Crippen LogP contribution in [0.3, 0.4) is 0 Å². The van der Waals surface area contributed by atoms with Crippen molar-refractivity contribution in [1.29, 1.82) is 0 Å². The van der Waals surface area contributed by atoms with Gasteiger partial charge in [0.2, 0.25) is 10.0 Å². The van der Waals surface area contributed by atoms with Crippen molar-refractivity contribution in [2.45, 2.75) is 24.4 Å². The average Bonchev–Trinajstić information content (AvgIpc) is 2.72. The summed E-state index contributed by atoms with van der Waals surface area (Å²) in [5.74, 6) is 0.862. The maximum atomic E-state index is 12.3. The van der Waals surface area contributed by atoms with Gasteiger partial charge in [0.1, 0.15) is 5.82 Å². The van der Waals surface area contributed by atoms with Gasteiger partial charge in [0.15, 0.2) is 0 Å². The normalized spacial score (nSPS) is 15.6. The quantitative estimate of drug-likeness (QED) is 0.644. The third-order valence-corrected chi connectivity index (χ3v) is 5.54. The summed E-state index contributed by atoms with van der Waals surface area (Å²) in [6.07, 6.45) is 1.72. The Labute approximate surface area is 170 Å². The van der Waals surface area contributed by atoms with E-state index < -0.39 is 16.1 Å². The molecule has 4 N–H and O–H groups in total. The van der Waals surface area contributed by atoms with Crippen LogP contribution < -0.4 is 20.7 Å². The van der Waals surface area contributed by atoms with E-state index in [1.165, 1.54) is 12.1 Å². The van der Waals surface area contributed by atoms with Crippen molar-refractivity contribution in [1.82, 2.24) is 15.6 Å². The number of urea groups is 1. The van der Waals surface area contributed by atoms with Crippen molar-refractivity contribution in [3.05, 3.63) is 53.7 Å². The lowest BCUT2D eigenvalue weighted by atomic mass is 10.1. The highest BCUT2D eigenvalue weighted by atomic mass is 32.2. The summed E-state index contributed by atoms with van der Waals surface area (Å²) >= 11 is 0. The molecular formula is C19H25N5O4S. The minimum absolute atomic E-state index is 0.0106. The van der Waals surface area contributed by atoms with Gasteiger partial charge in [0.05, 0.1) is 24.2 Å². The monoisotopic (exact) mass is 419 g/mol. The van der Waals surface area contributed by atoms with Crippen molar-refractivity contribution in [3.8, 4) is 0 Å². The molecule has 1 fully saturated rings. The molecule has 1 atom stereocenters. The van der Waals surface area contributed by atoms with Gasteiger partial charge in [0.25, 0.3) is 0 Å². The number of anilines is 1. The summed E-state index contributed by atoms with van der Waals surface area (Å²) in [7, 11) is -3.79. The smallest absolute Gasteiger partial charge is 0.315 e. The summed E-state index contributed by atoms with van der Waals surface area (Å²) in [6, 6.07) is 9.25. The van der Waals surface area contributed by atoms with Crippen LogP contribution in [0.4, 0.5) is 10.6 Å². The second-order valence-corrected chi connectivity index (χ2v) is 8.35. The number of nitrogens with zero attached hydrogens (tertiary/aromatic N) is 2. The number of sulfonamides is 1. The second-order valence-electron chi connectivity index (χ2n) is 6.79. The maximum Gasteiger partial charge on any atom is 0.315 e. The molecule has 1 aliphatic rings. The molecule has 156 valence electrons. The van der Waals surface area contributed by atoms with Gasteiger partial charge >= 0.3 is 6.03 Å². The molecule has 9 nitrogen and oxygen atoms in total. The summed E-state index contributed by atoms with van der Waals surface area (Å²) in [4.78, 5) is 18.8. The average molecular weight is 420 g/mol. The van der Waals surface area contributed by atoms with Crippen LogP contribution in [0.5, 0.6) is 0 Å². The van der Waals surface area contributed by atoms with Crippen LogP contribution >= 0.6 is 0 Å². The number of nitrogens with two attached hydrogens (primary N) is 1. The molecule has 1 saturated heterocycles. The predicted molar refractivity (Wildman–Crippen MR) is 109 cm³/mol. The van der Waals surface area contributed by atoms with Crippen molar-refractivity contribution in [2.24, 2.45) is 5.14 Å². The maximum absolute atomic E-state index is 12.3. The van der Waals surface area contributed by atoms with Crippen LogP contribution in [-0.4, -0.2) is 45.7 Å². The molecule has 2 amide bonds. The molecule has 2 aromatic rings. The SMILES string of the molecule is CC(NC(=O)NCc1ccnc(N2CCOCC2)c1)c1cccc(S(N)(=O)=O)c1. The zero-order chi connectivity index (χ0) is 20.9. The highest BCUT2D eigenvalue weighted by Crippen LogP contribution is 2.17. The van der Waals surface area contributed by atoms with Gasteiger partial charge in [-0.2, -0.15) is 0 Å². The zero-order valence-corrected chi connectivity index (χ0v) is 17.0. The van der Waals surface area contributed by atoms with Gasteiger partial charge in [-0.05, 0) is 42.3 Å². The number of aromatic nitrogens is 1. The third kappa shape index (κ3) is 5.89. The number of rotatable bonds is 6. The molecule has 0 spiro atoms. The van der Waals surface area contributed by atoms with Gasteiger partial charge in [0, 0.05) is 25.8 Å². The van der Waals surface area contributed by atoms with Crippen LogP contribution in [0.2, 0.25) is 0 Å². The number of hydrogen-bond donors (Lipinski definition) is 3. The van der Waals surface area contributed by atoms with Crippen molar-refractivity contribution in [2.75, 3.05) is 31.2 Å². The molecule has 0 aliphatic carbocycles. The van der Waals surface area contributed by atoms with Gasteiger partial charge in [-0.25, -0.2) is 23.3 Å². The van der Waals surface area contributed by atoms with Crippen LogP contribution in [0.15, 0.2) is 47.5 Å². The molecule has 1 aromatic carbocycles. The Morgan fingerprint density at radius 2 is 2.03 bits per heavy atom. The van der Waals surface area contributed by atoms with Crippen LogP contribution in [0.25, 0.3) is 0 Å². The standard InChI is InChI=1S/C19H25N5O4S/c1-14(16-3-2-4-17(12-16)29(20,26)27)23-19(25)22-13-15-5-6-21-18(11-15)24-7-9-28-10-8-24/h2-6,11-12,14H,7-10,13H2,1H3,(H2,20,26,27)(H2,22,23,25). The summed E-state index contributed by atoms with van der Waals surface area (Å²) in [6.45, 7) is 5.05. The van der Waals surface area contributed by atoms with Crippen molar-refractivity contribution >= 4 is 21.9 Å². The van der Waals surface area contributed by atoms with Gasteiger partial charge in [-0.3, -0.25) is 0 Å². The molecule has 1 aromatic heterocycles. The molecule has 1 aliphatic heterocycles. The lowest BCUT2D eigenvalue weighted by molar-refractivity contribution is 0.122. The van der Waals surface area contributed by atoms with Crippen LogP contribution in [0.1, 0.15) is 24.1 Å². The van der Waals surface area contributed by atoms with Crippen molar-refractivity contribution in [3.63, 3.8) is 0 Å². The predicted octanol–water partition coefficient (Wildman–Crippen LogP) is 1.13. The number of nitrogens with one attached hydrogen (secondary N) is 2. The molecule has 1 unspecified atom stereocenters. The molecule has 0 saturated carbocycles. The van der Waals surface area contributed by atoms with E-state index in [9.17, 15) is 13.2 Å². The summed E-state index contributed by atoms with van der Waals surface area (Å²) < 4.78 is 28.3. The van der Waals surface area contributed by atoms with Crippen LogP contribution in [-0.2, 0) is 21.3 Å². The first kappa shape index (κ1) is 21.0. The van der Waals surface area contributed by atoms with E-state index in [1.54, 1.807) is 25.3 Å². The van der Waals surface area contributed by atoms with Gasteiger partial charge < -0.3 is 20.3 Å². The molecular weight excluding hydrogens is 394 g/mol. The molecule has 2 heterocycles. The van der Waals surface area contributed by atoms with Crippen LogP contribution in [0, 0.1) is 0 Å². The highest BCUT2D eigenvalue weighted by Gasteiger charge is 2.15.